The van der Waals surface area contributed by atoms with Crippen molar-refractivity contribution in [2.24, 2.45) is 0 Å². The number of hydrogen-bond acceptors (Lipinski definition) is 3. The van der Waals surface area contributed by atoms with Gasteiger partial charge in [0, 0.05) is 6.61 Å². The molecule has 0 fully saturated rings. The maximum absolute atomic E-state index is 9.83. The molecule has 0 amide bonds. The van der Waals surface area contributed by atoms with Gasteiger partial charge in [0.25, 0.3) is 0 Å². The van der Waals surface area contributed by atoms with Crippen LogP contribution >= 0.6 is 0 Å². The third-order valence-electron chi connectivity index (χ3n) is 0.908. The monoisotopic (exact) mass is 116 g/mol. The Labute approximate surface area is 48.7 Å². The van der Waals surface area contributed by atoms with E-state index in [0.717, 1.165) is 0 Å². The van der Waals surface area contributed by atoms with Gasteiger partial charge in [-0.25, -0.2) is 0 Å². The van der Waals surface area contributed by atoms with Crippen LogP contribution in [0, 0.1) is 0 Å². The highest BCUT2D eigenvalue weighted by Gasteiger charge is 2.00. The fourth-order valence-electron chi connectivity index (χ4n) is 0.391. The van der Waals surface area contributed by atoms with Gasteiger partial charge < -0.3 is 10.4 Å². The molecule has 0 spiro atoms. The van der Waals surface area contributed by atoms with Crippen LogP contribution in [-0.4, -0.2) is 31.1 Å². The van der Waals surface area contributed by atoms with E-state index >= 15 is 0 Å². The topological polar surface area (TPSA) is 49.3 Å². The molecule has 0 aromatic rings. The molecule has 0 bridgehead atoms. The molecule has 1 atom stereocenters. The van der Waals surface area contributed by atoms with Gasteiger partial charge >= 0.3 is 0 Å². The van der Waals surface area contributed by atoms with Crippen LogP contribution in [0.5, 0.6) is 0 Å². The molecule has 1 radical (unpaired) electrons. The molecule has 0 aromatic heterocycles. The van der Waals surface area contributed by atoms with Crippen LogP contribution in [0.15, 0.2) is 0 Å². The van der Waals surface area contributed by atoms with Gasteiger partial charge in [-0.15, -0.1) is 0 Å². The van der Waals surface area contributed by atoms with Gasteiger partial charge in [0.2, 0.25) is 6.29 Å². The number of rotatable bonds is 4. The fourth-order valence-corrected chi connectivity index (χ4v) is 0.391. The summed E-state index contributed by atoms with van der Waals surface area (Å²) >= 11 is 0. The van der Waals surface area contributed by atoms with Crippen molar-refractivity contribution in [1.29, 1.82) is 0 Å². The third-order valence-corrected chi connectivity index (χ3v) is 0.908. The molecule has 0 rings (SSSR count). The molecule has 3 nitrogen and oxygen atoms in total. The Morgan fingerprint density at radius 3 is 2.62 bits per heavy atom. The van der Waals surface area contributed by atoms with Crippen LogP contribution in [0.4, 0.5) is 0 Å². The van der Waals surface area contributed by atoms with E-state index in [0.29, 0.717) is 6.42 Å². The third kappa shape index (κ3) is 2.71. The molecular weight excluding hydrogens is 106 g/mol. The van der Waals surface area contributed by atoms with Crippen molar-refractivity contribution in [2.45, 2.75) is 12.5 Å². The van der Waals surface area contributed by atoms with Crippen molar-refractivity contribution in [3.05, 3.63) is 0 Å². The number of nitrogens with one attached hydrogen (secondary N) is 1. The first kappa shape index (κ1) is 7.59. The van der Waals surface area contributed by atoms with E-state index < -0.39 is 0 Å². The summed E-state index contributed by atoms with van der Waals surface area (Å²) in [5.74, 6) is 0. The van der Waals surface area contributed by atoms with Crippen molar-refractivity contribution in [3.8, 4) is 0 Å². The molecule has 1 unspecified atom stereocenters. The summed E-state index contributed by atoms with van der Waals surface area (Å²) in [6, 6.07) is -0.306. The molecular formula is C5H10NO2. The summed E-state index contributed by atoms with van der Waals surface area (Å²) in [6.07, 6.45) is 2.18. The molecule has 0 aliphatic rings. The van der Waals surface area contributed by atoms with Gasteiger partial charge in [0.1, 0.15) is 0 Å². The standard InChI is InChI=1S/C5H10NO2/c1-6-5(4-8)2-3-7/h5-7H,2-3H2,1H3. The molecule has 3 heteroatoms. The predicted molar refractivity (Wildman–Crippen MR) is 30.2 cm³/mol. The van der Waals surface area contributed by atoms with Crippen LogP contribution in [0.25, 0.3) is 0 Å². The number of aliphatic hydroxyl groups excluding tert-OH is 1. The zero-order valence-corrected chi connectivity index (χ0v) is 4.85. The molecule has 0 aliphatic carbocycles. The van der Waals surface area contributed by atoms with Gasteiger partial charge in [-0.2, -0.15) is 0 Å². The first-order chi connectivity index (χ1) is 3.85. The van der Waals surface area contributed by atoms with Crippen molar-refractivity contribution in [1.82, 2.24) is 5.32 Å². The fraction of sp³-hybridized carbons (Fsp3) is 0.800. The number of hydrogen-bond donors (Lipinski definition) is 2. The Kier molecular flexibility index (Phi) is 4.50. The SMILES string of the molecule is CNC([C]=O)CCO. The molecule has 0 saturated carbocycles. The van der Waals surface area contributed by atoms with Crippen molar-refractivity contribution >= 4 is 6.29 Å². The lowest BCUT2D eigenvalue weighted by atomic mass is 10.2. The summed E-state index contributed by atoms with van der Waals surface area (Å²) in [7, 11) is 1.66. The van der Waals surface area contributed by atoms with E-state index in [2.05, 4.69) is 5.32 Å². The highest BCUT2D eigenvalue weighted by atomic mass is 16.3. The average Bonchev–Trinajstić information content (AvgIpc) is 1.83. The zero-order chi connectivity index (χ0) is 6.41. The van der Waals surface area contributed by atoms with Gasteiger partial charge in [-0.3, -0.25) is 4.79 Å². The van der Waals surface area contributed by atoms with Gasteiger partial charge in [-0.05, 0) is 13.5 Å². The second-order valence-electron chi connectivity index (χ2n) is 1.47. The Balaban J connectivity index is 3.21. The first-order valence-electron chi connectivity index (χ1n) is 2.51. The summed E-state index contributed by atoms with van der Waals surface area (Å²) in [5.41, 5.74) is 0. The first-order valence-corrected chi connectivity index (χ1v) is 2.51. The molecule has 0 saturated heterocycles. The lowest BCUT2D eigenvalue weighted by molar-refractivity contribution is 0.279. The van der Waals surface area contributed by atoms with Crippen molar-refractivity contribution in [3.63, 3.8) is 0 Å². The van der Waals surface area contributed by atoms with Crippen LogP contribution in [0.3, 0.4) is 0 Å². The molecule has 0 heterocycles. The number of carbonyl (C=O) groups excluding carboxylic acids is 1. The summed E-state index contributed by atoms with van der Waals surface area (Å²) in [4.78, 5) is 9.83. The normalized spacial score (nSPS) is 13.2. The second kappa shape index (κ2) is 4.74. The maximum Gasteiger partial charge on any atom is 0.216 e. The molecule has 47 valence electrons. The van der Waals surface area contributed by atoms with E-state index in [9.17, 15) is 4.79 Å². The maximum atomic E-state index is 9.83. The van der Waals surface area contributed by atoms with E-state index in [-0.39, 0.29) is 12.6 Å². The minimum Gasteiger partial charge on any atom is -0.396 e. The highest BCUT2D eigenvalue weighted by Crippen LogP contribution is 1.82. The predicted octanol–water partition coefficient (Wildman–Crippen LogP) is -0.933. The molecule has 0 aromatic carbocycles. The van der Waals surface area contributed by atoms with Crippen LogP contribution < -0.4 is 5.32 Å². The van der Waals surface area contributed by atoms with Crippen molar-refractivity contribution < 1.29 is 9.90 Å². The van der Waals surface area contributed by atoms with Gasteiger partial charge in [-0.1, -0.05) is 0 Å². The Hall–Kier alpha value is -0.410. The van der Waals surface area contributed by atoms with E-state index in [4.69, 9.17) is 5.11 Å². The Bertz CT molecular complexity index is 65.4. The second-order valence-corrected chi connectivity index (χ2v) is 1.47. The quantitative estimate of drug-likeness (QED) is 0.498. The lowest BCUT2D eigenvalue weighted by Gasteiger charge is -2.02. The zero-order valence-electron chi connectivity index (χ0n) is 4.85. The number of likely N-dealkylation sites (N-methyl/N-ethyl adjacent to an activating group) is 1. The largest absolute Gasteiger partial charge is 0.396 e. The molecule has 8 heavy (non-hydrogen) atoms. The molecule has 0 aliphatic heterocycles. The van der Waals surface area contributed by atoms with E-state index in [1.807, 2.05) is 0 Å². The summed E-state index contributed by atoms with van der Waals surface area (Å²) in [5, 5.41) is 10.9. The molecule has 2 N–H and O–H groups in total. The lowest BCUT2D eigenvalue weighted by Crippen LogP contribution is -2.27. The van der Waals surface area contributed by atoms with E-state index in [1.165, 1.54) is 0 Å². The van der Waals surface area contributed by atoms with Crippen LogP contribution in [0.1, 0.15) is 6.42 Å². The Morgan fingerprint density at radius 1 is 1.88 bits per heavy atom. The van der Waals surface area contributed by atoms with Gasteiger partial charge in [0.15, 0.2) is 0 Å². The smallest absolute Gasteiger partial charge is 0.216 e. The summed E-state index contributed by atoms with van der Waals surface area (Å²) in [6.45, 7) is 0.0285. The average molecular weight is 116 g/mol. The number of aliphatic hydroxyl groups is 1. The Morgan fingerprint density at radius 2 is 2.50 bits per heavy atom. The highest BCUT2D eigenvalue weighted by molar-refractivity contribution is 5.58. The van der Waals surface area contributed by atoms with Crippen LogP contribution in [0.2, 0.25) is 0 Å². The van der Waals surface area contributed by atoms with Gasteiger partial charge in [0.05, 0.1) is 6.04 Å². The minimum absolute atomic E-state index is 0.0285. The summed E-state index contributed by atoms with van der Waals surface area (Å²) < 4.78 is 0. The van der Waals surface area contributed by atoms with E-state index in [1.54, 1.807) is 13.3 Å². The van der Waals surface area contributed by atoms with Crippen molar-refractivity contribution in [2.75, 3.05) is 13.7 Å². The minimum atomic E-state index is -0.306. The van der Waals surface area contributed by atoms with Crippen LogP contribution in [-0.2, 0) is 4.79 Å².